The molecule has 1 fully saturated rings. The van der Waals surface area contributed by atoms with Gasteiger partial charge in [-0.1, -0.05) is 43.7 Å². The molecule has 0 aromatic heterocycles. The molecule has 0 heterocycles. The summed E-state index contributed by atoms with van der Waals surface area (Å²) in [5.74, 6) is 0. The Hall–Kier alpha value is -1.20. The number of hydrogen-bond acceptors (Lipinski definition) is 2. The molecule has 1 aromatic carbocycles. The zero-order valence-corrected chi connectivity index (χ0v) is 11.3. The molecule has 2 nitrogen and oxygen atoms in total. The van der Waals surface area contributed by atoms with E-state index in [1.807, 2.05) is 6.07 Å². The Balaban J connectivity index is 2.07. The normalized spacial score (nSPS) is 17.6. The first-order valence-corrected chi connectivity index (χ1v) is 7.13. The van der Waals surface area contributed by atoms with Crippen molar-refractivity contribution in [3.8, 4) is 6.07 Å². The molecule has 1 N–H and O–H groups in total. The molecule has 0 atom stereocenters. The van der Waals surface area contributed by atoms with Gasteiger partial charge in [-0.2, -0.15) is 5.26 Å². The van der Waals surface area contributed by atoms with Crippen LogP contribution in [0.4, 0.5) is 5.69 Å². The lowest BCUT2D eigenvalue weighted by Crippen LogP contribution is -2.21. The fourth-order valence-electron chi connectivity index (χ4n) is 2.55. The Morgan fingerprint density at radius 3 is 2.44 bits per heavy atom. The van der Waals surface area contributed by atoms with Crippen molar-refractivity contribution in [2.24, 2.45) is 0 Å². The standard InChI is InChI=1S/C15H19ClN2/c16-13-9-8-12(11-17)15(10-13)18-14-6-4-2-1-3-5-7-14/h8-10,14,18H,1-7H2. The molecule has 96 valence electrons. The van der Waals surface area contributed by atoms with Gasteiger partial charge in [0.1, 0.15) is 6.07 Å². The Bertz CT molecular complexity index is 429. The molecule has 3 heteroatoms. The summed E-state index contributed by atoms with van der Waals surface area (Å²) in [7, 11) is 0. The fourth-order valence-corrected chi connectivity index (χ4v) is 2.73. The number of nitriles is 1. The van der Waals surface area contributed by atoms with Crippen molar-refractivity contribution in [3.05, 3.63) is 28.8 Å². The van der Waals surface area contributed by atoms with Crippen molar-refractivity contribution < 1.29 is 0 Å². The van der Waals surface area contributed by atoms with Gasteiger partial charge in [0.15, 0.2) is 0 Å². The Kier molecular flexibility index (Phi) is 4.90. The first-order chi connectivity index (χ1) is 8.79. The second-order valence-corrected chi connectivity index (χ2v) is 5.42. The van der Waals surface area contributed by atoms with E-state index in [1.54, 1.807) is 12.1 Å². The maximum atomic E-state index is 9.11. The average molecular weight is 263 g/mol. The van der Waals surface area contributed by atoms with E-state index in [1.165, 1.54) is 44.9 Å². The maximum absolute atomic E-state index is 9.11. The average Bonchev–Trinajstić information content (AvgIpc) is 2.33. The molecule has 18 heavy (non-hydrogen) atoms. The molecular weight excluding hydrogens is 244 g/mol. The van der Waals surface area contributed by atoms with Crippen molar-refractivity contribution in [2.75, 3.05) is 5.32 Å². The van der Waals surface area contributed by atoms with E-state index in [9.17, 15) is 0 Å². The second-order valence-electron chi connectivity index (χ2n) is 4.99. The van der Waals surface area contributed by atoms with Crippen molar-refractivity contribution in [1.82, 2.24) is 0 Å². The van der Waals surface area contributed by atoms with Gasteiger partial charge in [-0.3, -0.25) is 0 Å². The highest BCUT2D eigenvalue weighted by molar-refractivity contribution is 6.30. The molecule has 0 aliphatic heterocycles. The molecule has 1 aromatic rings. The number of rotatable bonds is 2. The van der Waals surface area contributed by atoms with Gasteiger partial charge < -0.3 is 5.32 Å². The largest absolute Gasteiger partial charge is 0.381 e. The van der Waals surface area contributed by atoms with E-state index in [-0.39, 0.29) is 0 Å². The minimum Gasteiger partial charge on any atom is -0.381 e. The van der Waals surface area contributed by atoms with Crippen molar-refractivity contribution in [3.63, 3.8) is 0 Å². The summed E-state index contributed by atoms with van der Waals surface area (Å²) in [4.78, 5) is 0. The predicted octanol–water partition coefficient (Wildman–Crippen LogP) is 4.74. The van der Waals surface area contributed by atoms with E-state index in [0.29, 0.717) is 16.6 Å². The van der Waals surface area contributed by atoms with Gasteiger partial charge in [0.25, 0.3) is 0 Å². The minimum atomic E-state index is 0.482. The topological polar surface area (TPSA) is 35.8 Å². The molecule has 1 aliphatic carbocycles. The van der Waals surface area contributed by atoms with Crippen LogP contribution in [0.5, 0.6) is 0 Å². The van der Waals surface area contributed by atoms with Crippen LogP contribution in [0, 0.1) is 11.3 Å². The van der Waals surface area contributed by atoms with Gasteiger partial charge in [-0.15, -0.1) is 0 Å². The molecule has 0 unspecified atom stereocenters. The predicted molar refractivity (Wildman–Crippen MR) is 75.9 cm³/mol. The monoisotopic (exact) mass is 262 g/mol. The molecule has 2 rings (SSSR count). The van der Waals surface area contributed by atoms with E-state index in [4.69, 9.17) is 16.9 Å². The Morgan fingerprint density at radius 2 is 1.78 bits per heavy atom. The van der Waals surface area contributed by atoms with Gasteiger partial charge in [0, 0.05) is 11.1 Å². The lowest BCUT2D eigenvalue weighted by Gasteiger charge is -2.22. The highest BCUT2D eigenvalue weighted by Gasteiger charge is 2.13. The zero-order chi connectivity index (χ0) is 12.8. The lowest BCUT2D eigenvalue weighted by molar-refractivity contribution is 0.471. The molecule has 0 spiro atoms. The summed E-state index contributed by atoms with van der Waals surface area (Å²) in [6, 6.07) is 8.11. The molecule has 0 saturated heterocycles. The third-order valence-electron chi connectivity index (χ3n) is 3.57. The number of halogens is 1. The summed E-state index contributed by atoms with van der Waals surface area (Å²) >= 11 is 6.00. The van der Waals surface area contributed by atoms with E-state index in [0.717, 1.165) is 5.69 Å². The Labute approximate surface area is 114 Å². The Morgan fingerprint density at radius 1 is 1.11 bits per heavy atom. The third-order valence-corrected chi connectivity index (χ3v) is 3.80. The lowest BCUT2D eigenvalue weighted by atomic mass is 9.96. The zero-order valence-electron chi connectivity index (χ0n) is 10.6. The summed E-state index contributed by atoms with van der Waals surface area (Å²) < 4.78 is 0. The smallest absolute Gasteiger partial charge is 0.101 e. The van der Waals surface area contributed by atoms with Crippen molar-refractivity contribution >= 4 is 17.3 Å². The van der Waals surface area contributed by atoms with Gasteiger partial charge >= 0.3 is 0 Å². The van der Waals surface area contributed by atoms with Crippen LogP contribution in [0.3, 0.4) is 0 Å². The van der Waals surface area contributed by atoms with Crippen LogP contribution in [0.1, 0.15) is 50.5 Å². The van der Waals surface area contributed by atoms with Gasteiger partial charge in [0.05, 0.1) is 11.3 Å². The van der Waals surface area contributed by atoms with Crippen LogP contribution < -0.4 is 5.32 Å². The number of anilines is 1. The van der Waals surface area contributed by atoms with Crippen molar-refractivity contribution in [1.29, 1.82) is 5.26 Å². The summed E-state index contributed by atoms with van der Waals surface area (Å²) in [6.07, 6.45) is 8.97. The molecule has 1 aliphatic rings. The highest BCUT2D eigenvalue weighted by Crippen LogP contribution is 2.25. The molecule has 1 saturated carbocycles. The fraction of sp³-hybridized carbons (Fsp3) is 0.533. The molecular formula is C15H19ClN2. The first kappa shape index (κ1) is 13.2. The highest BCUT2D eigenvalue weighted by atomic mass is 35.5. The quantitative estimate of drug-likeness (QED) is 0.836. The van der Waals surface area contributed by atoms with Crippen LogP contribution in [0.25, 0.3) is 0 Å². The minimum absolute atomic E-state index is 0.482. The molecule has 0 amide bonds. The maximum Gasteiger partial charge on any atom is 0.101 e. The molecule has 0 bridgehead atoms. The van der Waals surface area contributed by atoms with Gasteiger partial charge in [-0.05, 0) is 31.0 Å². The van der Waals surface area contributed by atoms with Crippen LogP contribution in [0.2, 0.25) is 5.02 Å². The number of nitrogens with one attached hydrogen (secondary N) is 1. The second kappa shape index (κ2) is 6.66. The van der Waals surface area contributed by atoms with Crippen LogP contribution in [-0.4, -0.2) is 6.04 Å². The number of nitrogens with zero attached hydrogens (tertiary/aromatic N) is 1. The number of hydrogen-bond donors (Lipinski definition) is 1. The third kappa shape index (κ3) is 3.65. The van der Waals surface area contributed by atoms with E-state index < -0.39 is 0 Å². The summed E-state index contributed by atoms with van der Waals surface area (Å²) in [6.45, 7) is 0. The SMILES string of the molecule is N#Cc1ccc(Cl)cc1NC1CCCCCCC1. The van der Waals surface area contributed by atoms with E-state index in [2.05, 4.69) is 11.4 Å². The first-order valence-electron chi connectivity index (χ1n) is 6.76. The van der Waals surface area contributed by atoms with Crippen LogP contribution >= 0.6 is 11.6 Å². The van der Waals surface area contributed by atoms with Gasteiger partial charge in [-0.25, -0.2) is 0 Å². The summed E-state index contributed by atoms with van der Waals surface area (Å²) in [5.41, 5.74) is 1.57. The van der Waals surface area contributed by atoms with E-state index >= 15 is 0 Å². The molecule has 0 radical (unpaired) electrons. The number of benzene rings is 1. The van der Waals surface area contributed by atoms with Crippen LogP contribution in [-0.2, 0) is 0 Å². The summed E-state index contributed by atoms with van der Waals surface area (Å²) in [5, 5.41) is 13.3. The van der Waals surface area contributed by atoms with Crippen molar-refractivity contribution in [2.45, 2.75) is 51.0 Å². The van der Waals surface area contributed by atoms with Gasteiger partial charge in [0.2, 0.25) is 0 Å². The van der Waals surface area contributed by atoms with Crippen LogP contribution in [0.15, 0.2) is 18.2 Å².